The molecule has 0 fully saturated rings. The van der Waals surface area contributed by atoms with Crippen LogP contribution in [0.1, 0.15) is 6.92 Å². The Morgan fingerprint density at radius 3 is 1.86 bits per heavy atom. The molecule has 3 radical (unpaired) electrons. The van der Waals surface area contributed by atoms with E-state index in [4.69, 9.17) is 0 Å². The first-order valence-corrected chi connectivity index (χ1v) is 8.20. The zero-order chi connectivity index (χ0) is 5.91. The van der Waals surface area contributed by atoms with Crippen molar-refractivity contribution in [3.05, 3.63) is 0 Å². The molecule has 0 aliphatic rings. The summed E-state index contributed by atoms with van der Waals surface area (Å²) in [6, 6.07) is 1.46. The molecule has 0 N–H and O–H groups in total. The zero-order valence-electron chi connectivity index (χ0n) is 5.41. The van der Waals surface area contributed by atoms with Crippen LogP contribution in [0.3, 0.4) is 0 Å². The van der Waals surface area contributed by atoms with E-state index in [-0.39, 0.29) is 0 Å². The second-order valence-corrected chi connectivity index (χ2v) is 11.1. The predicted octanol–water partition coefficient (Wildman–Crippen LogP) is 1.84. The monoisotopic (exact) mass is 221 g/mol. The van der Waals surface area contributed by atoms with Gasteiger partial charge in [0.15, 0.2) is 0 Å². The van der Waals surface area contributed by atoms with Gasteiger partial charge in [0.1, 0.15) is 0 Å². The van der Waals surface area contributed by atoms with Crippen molar-refractivity contribution < 1.29 is 0 Å². The standard InChI is InChI=1S/C5H13Si.Sn/c1-5-6(2,3)4;/h2,5H2,1,3-4H3;. The van der Waals surface area contributed by atoms with Gasteiger partial charge in [-0.2, -0.15) is 0 Å². The molecule has 7 heavy (non-hydrogen) atoms. The Morgan fingerprint density at radius 2 is 1.86 bits per heavy atom. The maximum absolute atomic E-state index is 2.46. The van der Waals surface area contributed by atoms with E-state index < -0.39 is 8.07 Å². The van der Waals surface area contributed by atoms with Crippen molar-refractivity contribution in [1.29, 1.82) is 0 Å². The molecule has 0 nitrogen and oxygen atoms in total. The molecule has 0 saturated heterocycles. The van der Waals surface area contributed by atoms with Crippen molar-refractivity contribution in [2.45, 2.75) is 30.1 Å². The van der Waals surface area contributed by atoms with Gasteiger partial charge in [-0.05, 0) is 0 Å². The van der Waals surface area contributed by atoms with Crippen LogP contribution >= 0.6 is 0 Å². The molecule has 0 aromatic rings. The molecule has 41 valence electrons. The number of rotatable bonds is 2. The molecule has 0 rings (SSSR count). The van der Waals surface area contributed by atoms with Crippen LogP contribution in [0.15, 0.2) is 0 Å². The van der Waals surface area contributed by atoms with Crippen LogP contribution in [-0.4, -0.2) is 30.6 Å². The summed E-state index contributed by atoms with van der Waals surface area (Å²) in [6.45, 7) is 7.24. The van der Waals surface area contributed by atoms with Gasteiger partial charge in [-0.1, -0.05) is 0 Å². The van der Waals surface area contributed by atoms with E-state index >= 15 is 0 Å². The van der Waals surface area contributed by atoms with Gasteiger partial charge in [0.25, 0.3) is 0 Å². The Bertz CT molecular complexity index is 46.0. The summed E-state index contributed by atoms with van der Waals surface area (Å²) in [5.74, 6) is 0. The molecule has 2 heteroatoms. The van der Waals surface area contributed by atoms with Gasteiger partial charge in [0.05, 0.1) is 0 Å². The van der Waals surface area contributed by atoms with Gasteiger partial charge >= 0.3 is 60.7 Å². The van der Waals surface area contributed by atoms with E-state index in [0.717, 1.165) is 0 Å². The molecule has 0 aromatic heterocycles. The first kappa shape index (κ1) is 8.02. The second kappa shape index (κ2) is 3.12. The molecule has 0 bridgehead atoms. The van der Waals surface area contributed by atoms with Gasteiger partial charge < -0.3 is 0 Å². The fraction of sp³-hybridized carbons (Fsp3) is 1.00. The van der Waals surface area contributed by atoms with Gasteiger partial charge in [-0.15, -0.1) is 0 Å². The van der Waals surface area contributed by atoms with Crippen LogP contribution in [0.5, 0.6) is 0 Å². The first-order valence-electron chi connectivity index (χ1n) is 2.77. The van der Waals surface area contributed by atoms with Crippen LogP contribution < -0.4 is 0 Å². The quantitative estimate of drug-likeness (QED) is 0.623. The zero-order valence-corrected chi connectivity index (χ0v) is 9.27. The van der Waals surface area contributed by atoms with E-state index in [9.17, 15) is 0 Å². The van der Waals surface area contributed by atoms with Crippen LogP contribution in [0.2, 0.25) is 23.2 Å². The van der Waals surface area contributed by atoms with Crippen LogP contribution in [-0.2, 0) is 0 Å². The molecule has 0 heterocycles. The minimum absolute atomic E-state index is 0.611. The van der Waals surface area contributed by atoms with Crippen molar-refractivity contribution in [2.75, 3.05) is 0 Å². The Labute approximate surface area is 60.8 Å². The van der Waals surface area contributed by atoms with Crippen LogP contribution in [0, 0.1) is 0 Å². The van der Waals surface area contributed by atoms with Crippen LogP contribution in [0.4, 0.5) is 0 Å². The molecule has 0 saturated carbocycles. The Kier molecular flexibility index (Phi) is 3.58. The minimum atomic E-state index is -0.611. The molecule has 0 aliphatic heterocycles. The van der Waals surface area contributed by atoms with Crippen molar-refractivity contribution in [3.8, 4) is 0 Å². The normalized spacial score (nSPS) is 12.0. The van der Waals surface area contributed by atoms with Crippen molar-refractivity contribution in [3.63, 3.8) is 0 Å². The third-order valence-corrected chi connectivity index (χ3v) is 12.5. The molecule has 0 spiro atoms. The van der Waals surface area contributed by atoms with Crippen molar-refractivity contribution in [1.82, 2.24) is 0 Å². The molecule has 0 aliphatic carbocycles. The van der Waals surface area contributed by atoms with Crippen molar-refractivity contribution >= 4 is 30.6 Å². The fourth-order valence-corrected chi connectivity index (χ4v) is 2.52. The average Bonchev–Trinajstić information content (AvgIpc) is 1.68. The van der Waals surface area contributed by atoms with E-state index in [1.54, 1.807) is 22.5 Å². The third kappa shape index (κ3) is 3.59. The summed E-state index contributed by atoms with van der Waals surface area (Å²) in [6.07, 6.45) is 0. The summed E-state index contributed by atoms with van der Waals surface area (Å²) in [7, 11) is -0.611. The van der Waals surface area contributed by atoms with Gasteiger partial charge in [0, 0.05) is 0 Å². The molecular formula is C5H13SiSn. The topological polar surface area (TPSA) is 0 Å². The van der Waals surface area contributed by atoms with Gasteiger partial charge in [-0.3, -0.25) is 0 Å². The molecule has 0 unspecified atom stereocenters. The van der Waals surface area contributed by atoms with E-state index in [0.29, 0.717) is 0 Å². The second-order valence-electron chi connectivity index (χ2n) is 2.69. The molecular weight excluding hydrogens is 207 g/mol. The molecule has 0 atom stereocenters. The van der Waals surface area contributed by atoms with Gasteiger partial charge in [0.2, 0.25) is 0 Å². The molecule has 0 amide bonds. The Morgan fingerprint density at radius 1 is 1.43 bits per heavy atom. The SMILES string of the molecule is CC[Si](C)(C)[CH2][Sn]. The number of hydrogen-bond donors (Lipinski definition) is 0. The van der Waals surface area contributed by atoms with E-state index in [1.807, 2.05) is 0 Å². The fourth-order valence-electron chi connectivity index (χ4n) is 0.125. The Balaban J connectivity index is 3.36. The summed E-state index contributed by atoms with van der Waals surface area (Å²) >= 11 is 1.73. The average molecular weight is 220 g/mol. The summed E-state index contributed by atoms with van der Waals surface area (Å²) in [5, 5.41) is 0. The predicted molar refractivity (Wildman–Crippen MR) is 38.5 cm³/mol. The Hall–Kier alpha value is 1.02. The van der Waals surface area contributed by atoms with Crippen molar-refractivity contribution in [2.24, 2.45) is 0 Å². The number of hydrogen-bond acceptors (Lipinski definition) is 0. The maximum atomic E-state index is 2.46. The van der Waals surface area contributed by atoms with Crippen LogP contribution in [0.25, 0.3) is 0 Å². The summed E-state index contributed by atoms with van der Waals surface area (Å²) in [4.78, 5) is 0. The summed E-state index contributed by atoms with van der Waals surface area (Å²) < 4.78 is 1.52. The molecule has 0 aromatic carbocycles. The van der Waals surface area contributed by atoms with Gasteiger partial charge in [-0.25, -0.2) is 0 Å². The summed E-state index contributed by atoms with van der Waals surface area (Å²) in [5.41, 5.74) is 0. The first-order chi connectivity index (χ1) is 3.12. The third-order valence-electron chi connectivity index (χ3n) is 1.44. The van der Waals surface area contributed by atoms with E-state index in [1.165, 1.54) is 10.1 Å². The van der Waals surface area contributed by atoms with E-state index in [2.05, 4.69) is 20.0 Å².